The standard InChI is InChI=1S/C22H27ClN2O3S/c1-2-3-16-25(19-10-6-4-7-11-19)22(26)18-12-13-20(23)21(17-18)29(27,28)24-14-8-5-9-15-24/h4,6-7,10-13,17H,2-3,5,8-9,14-16H2,1H3. The summed E-state index contributed by atoms with van der Waals surface area (Å²) < 4.78 is 27.7. The molecular formula is C22H27ClN2O3S. The van der Waals surface area contributed by atoms with Gasteiger partial charge in [-0.3, -0.25) is 4.79 Å². The SMILES string of the molecule is CCCCN(C(=O)c1ccc(Cl)c(S(=O)(=O)N2CCCCC2)c1)c1ccccc1. The predicted octanol–water partition coefficient (Wildman–Crippen LogP) is 4.96. The minimum atomic E-state index is -3.73. The first-order valence-corrected chi connectivity index (χ1v) is 11.9. The van der Waals surface area contributed by atoms with Gasteiger partial charge in [-0.25, -0.2) is 8.42 Å². The van der Waals surface area contributed by atoms with Crippen molar-refractivity contribution >= 4 is 33.2 Å². The highest BCUT2D eigenvalue weighted by molar-refractivity contribution is 7.89. The molecule has 2 aromatic carbocycles. The fourth-order valence-corrected chi connectivity index (χ4v) is 5.52. The van der Waals surface area contributed by atoms with Crippen LogP contribution in [-0.4, -0.2) is 38.3 Å². The maximum Gasteiger partial charge on any atom is 0.258 e. The van der Waals surface area contributed by atoms with Gasteiger partial charge in [-0.1, -0.05) is 49.6 Å². The molecular weight excluding hydrogens is 408 g/mol. The van der Waals surface area contributed by atoms with E-state index in [0.29, 0.717) is 25.2 Å². The summed E-state index contributed by atoms with van der Waals surface area (Å²) in [5.41, 5.74) is 1.12. The number of benzene rings is 2. The molecule has 2 aromatic rings. The van der Waals surface area contributed by atoms with Crippen molar-refractivity contribution in [3.8, 4) is 0 Å². The Bertz CT molecular complexity index is 942. The number of sulfonamides is 1. The van der Waals surface area contributed by atoms with Crippen LogP contribution in [0.15, 0.2) is 53.4 Å². The smallest absolute Gasteiger partial charge is 0.258 e. The van der Waals surface area contributed by atoms with E-state index in [1.54, 1.807) is 11.0 Å². The van der Waals surface area contributed by atoms with Crippen molar-refractivity contribution < 1.29 is 13.2 Å². The van der Waals surface area contributed by atoms with Crippen LogP contribution in [-0.2, 0) is 10.0 Å². The Hall–Kier alpha value is -1.89. The van der Waals surface area contributed by atoms with Gasteiger partial charge in [0.05, 0.1) is 5.02 Å². The first-order valence-electron chi connectivity index (χ1n) is 10.1. The first-order chi connectivity index (χ1) is 13.9. The number of hydrogen-bond acceptors (Lipinski definition) is 3. The zero-order valence-electron chi connectivity index (χ0n) is 16.7. The van der Waals surface area contributed by atoms with Crippen LogP contribution in [0.1, 0.15) is 49.4 Å². The molecule has 7 heteroatoms. The monoisotopic (exact) mass is 434 g/mol. The number of hydrogen-bond donors (Lipinski definition) is 0. The molecule has 1 aliphatic heterocycles. The molecule has 0 radical (unpaired) electrons. The Morgan fingerprint density at radius 2 is 1.76 bits per heavy atom. The van der Waals surface area contributed by atoms with Gasteiger partial charge in [-0.2, -0.15) is 4.31 Å². The number of para-hydroxylation sites is 1. The Kier molecular flexibility index (Phi) is 7.33. The molecule has 0 unspecified atom stereocenters. The van der Waals surface area contributed by atoms with Gasteiger partial charge in [-0.05, 0) is 49.6 Å². The minimum absolute atomic E-state index is 0.00965. The molecule has 1 aliphatic rings. The number of anilines is 1. The molecule has 1 fully saturated rings. The average molecular weight is 435 g/mol. The normalized spacial score (nSPS) is 15.2. The van der Waals surface area contributed by atoms with Gasteiger partial charge in [-0.15, -0.1) is 0 Å². The van der Waals surface area contributed by atoms with Crippen molar-refractivity contribution in [3.63, 3.8) is 0 Å². The Labute approximate surface area is 178 Å². The summed E-state index contributed by atoms with van der Waals surface area (Å²) in [6, 6.07) is 14.0. The Morgan fingerprint density at radius 1 is 1.07 bits per heavy atom. The van der Waals surface area contributed by atoms with E-state index in [1.807, 2.05) is 30.3 Å². The molecule has 1 heterocycles. The topological polar surface area (TPSA) is 57.7 Å². The van der Waals surface area contributed by atoms with Gasteiger partial charge in [0.1, 0.15) is 4.90 Å². The predicted molar refractivity (Wildman–Crippen MR) is 117 cm³/mol. The third-order valence-corrected chi connectivity index (χ3v) is 7.54. The summed E-state index contributed by atoms with van der Waals surface area (Å²) in [5.74, 6) is -0.226. The maximum atomic E-state index is 13.3. The maximum absolute atomic E-state index is 13.3. The van der Waals surface area contributed by atoms with Gasteiger partial charge in [0.25, 0.3) is 5.91 Å². The molecule has 0 N–H and O–H groups in total. The second kappa shape index (κ2) is 9.74. The summed E-state index contributed by atoms with van der Waals surface area (Å²) in [6.45, 7) is 3.61. The zero-order chi connectivity index (χ0) is 20.9. The van der Waals surface area contributed by atoms with Crippen molar-refractivity contribution in [1.82, 2.24) is 4.31 Å². The Balaban J connectivity index is 1.95. The van der Waals surface area contributed by atoms with Crippen LogP contribution in [0.25, 0.3) is 0 Å². The molecule has 0 aliphatic carbocycles. The molecule has 3 rings (SSSR count). The van der Waals surface area contributed by atoms with E-state index in [2.05, 4.69) is 6.92 Å². The highest BCUT2D eigenvalue weighted by Gasteiger charge is 2.29. The van der Waals surface area contributed by atoms with Crippen LogP contribution < -0.4 is 4.90 Å². The number of carbonyl (C=O) groups is 1. The fraction of sp³-hybridized carbons (Fsp3) is 0.409. The van der Waals surface area contributed by atoms with Crippen molar-refractivity contribution in [2.75, 3.05) is 24.5 Å². The van der Waals surface area contributed by atoms with Crippen molar-refractivity contribution in [2.24, 2.45) is 0 Å². The van der Waals surface area contributed by atoms with Crippen molar-refractivity contribution in [1.29, 1.82) is 0 Å². The van der Waals surface area contributed by atoms with Crippen LogP contribution in [0.5, 0.6) is 0 Å². The molecule has 1 saturated heterocycles. The summed E-state index contributed by atoms with van der Waals surface area (Å²) >= 11 is 6.25. The van der Waals surface area contributed by atoms with E-state index < -0.39 is 10.0 Å². The molecule has 5 nitrogen and oxygen atoms in total. The molecule has 1 amide bonds. The van der Waals surface area contributed by atoms with Gasteiger partial charge in [0.15, 0.2) is 0 Å². The van der Waals surface area contributed by atoms with E-state index in [9.17, 15) is 13.2 Å². The van der Waals surface area contributed by atoms with Gasteiger partial charge < -0.3 is 4.90 Å². The van der Waals surface area contributed by atoms with E-state index in [1.165, 1.54) is 16.4 Å². The molecule has 0 saturated carbocycles. The van der Waals surface area contributed by atoms with E-state index in [4.69, 9.17) is 11.6 Å². The quantitative estimate of drug-likeness (QED) is 0.618. The second-order valence-electron chi connectivity index (χ2n) is 7.26. The van der Waals surface area contributed by atoms with E-state index in [-0.39, 0.29) is 15.8 Å². The molecule has 0 spiro atoms. The highest BCUT2D eigenvalue weighted by Crippen LogP contribution is 2.29. The number of amides is 1. The number of rotatable bonds is 7. The number of carbonyl (C=O) groups excluding carboxylic acids is 1. The number of unbranched alkanes of at least 4 members (excludes halogenated alkanes) is 1. The minimum Gasteiger partial charge on any atom is -0.308 e. The third-order valence-electron chi connectivity index (χ3n) is 5.16. The lowest BCUT2D eigenvalue weighted by Crippen LogP contribution is -2.36. The van der Waals surface area contributed by atoms with Crippen LogP contribution in [0, 0.1) is 0 Å². The lowest BCUT2D eigenvalue weighted by atomic mass is 10.1. The summed E-state index contributed by atoms with van der Waals surface area (Å²) in [7, 11) is -3.73. The number of piperidine rings is 1. The van der Waals surface area contributed by atoms with Gasteiger partial charge in [0, 0.05) is 30.9 Å². The summed E-state index contributed by atoms with van der Waals surface area (Å²) in [4.78, 5) is 15.0. The second-order valence-corrected chi connectivity index (χ2v) is 9.57. The van der Waals surface area contributed by atoms with Gasteiger partial charge in [0.2, 0.25) is 10.0 Å². The van der Waals surface area contributed by atoms with E-state index in [0.717, 1.165) is 37.8 Å². The van der Waals surface area contributed by atoms with Gasteiger partial charge >= 0.3 is 0 Å². The number of halogens is 1. The van der Waals surface area contributed by atoms with Crippen molar-refractivity contribution in [2.45, 2.75) is 43.9 Å². The van der Waals surface area contributed by atoms with E-state index >= 15 is 0 Å². The molecule has 156 valence electrons. The van der Waals surface area contributed by atoms with Crippen LogP contribution >= 0.6 is 11.6 Å². The lowest BCUT2D eigenvalue weighted by molar-refractivity contribution is 0.0986. The molecule has 0 aromatic heterocycles. The largest absolute Gasteiger partial charge is 0.308 e. The first kappa shape index (κ1) is 21.8. The third kappa shape index (κ3) is 5.00. The van der Waals surface area contributed by atoms with Crippen LogP contribution in [0.4, 0.5) is 5.69 Å². The summed E-state index contributed by atoms with van der Waals surface area (Å²) in [6.07, 6.45) is 4.52. The van der Waals surface area contributed by atoms with Crippen LogP contribution in [0.3, 0.4) is 0 Å². The highest BCUT2D eigenvalue weighted by atomic mass is 35.5. The Morgan fingerprint density at radius 3 is 2.41 bits per heavy atom. The fourth-order valence-electron chi connectivity index (χ4n) is 3.51. The molecule has 0 bridgehead atoms. The summed E-state index contributed by atoms with van der Waals surface area (Å²) in [5, 5.41) is 0.145. The average Bonchev–Trinajstić information content (AvgIpc) is 2.75. The molecule has 0 atom stereocenters. The zero-order valence-corrected chi connectivity index (χ0v) is 18.3. The lowest BCUT2D eigenvalue weighted by Gasteiger charge is -2.27. The number of nitrogens with zero attached hydrogens (tertiary/aromatic N) is 2. The molecule has 29 heavy (non-hydrogen) atoms. The van der Waals surface area contributed by atoms with Crippen molar-refractivity contribution in [3.05, 3.63) is 59.1 Å². The van der Waals surface area contributed by atoms with Crippen LogP contribution in [0.2, 0.25) is 5.02 Å².